The number of rotatable bonds is 6. The minimum Gasteiger partial charge on any atom is -0.496 e. The van der Waals surface area contributed by atoms with Gasteiger partial charge in [0.25, 0.3) is 5.91 Å². The topological polar surface area (TPSA) is 102 Å². The van der Waals surface area contributed by atoms with Gasteiger partial charge in [0.2, 0.25) is 5.82 Å². The van der Waals surface area contributed by atoms with Crippen LogP contribution in [0.3, 0.4) is 0 Å². The van der Waals surface area contributed by atoms with E-state index in [1.54, 1.807) is 24.3 Å². The number of aromatic nitrogens is 4. The van der Waals surface area contributed by atoms with Crippen LogP contribution in [-0.2, 0) is 6.54 Å². The lowest BCUT2D eigenvalue weighted by Gasteiger charge is -2.13. The van der Waals surface area contributed by atoms with E-state index in [0.29, 0.717) is 22.5 Å². The number of nitrogens with one attached hydrogen (secondary N) is 2. The molecule has 0 atom stereocenters. The van der Waals surface area contributed by atoms with Crippen LogP contribution in [0.25, 0.3) is 11.4 Å². The van der Waals surface area contributed by atoms with Crippen molar-refractivity contribution in [2.45, 2.75) is 12.9 Å². The molecule has 1 aromatic heterocycles. The highest BCUT2D eigenvalue weighted by atomic mass is 19.4. The second-order valence-electron chi connectivity index (χ2n) is 5.52. The van der Waals surface area contributed by atoms with Crippen LogP contribution in [0.5, 0.6) is 11.5 Å². The van der Waals surface area contributed by atoms with Crippen molar-refractivity contribution in [3.8, 4) is 22.9 Å². The van der Waals surface area contributed by atoms with Gasteiger partial charge >= 0.3 is 6.36 Å². The van der Waals surface area contributed by atoms with Crippen LogP contribution in [0.2, 0.25) is 0 Å². The molecular weight excluding hydrogens is 379 g/mol. The number of carbonyl (C=O) groups excluding carboxylic acids is 1. The minimum absolute atomic E-state index is 0.0564. The number of ether oxygens (including phenoxy) is 2. The summed E-state index contributed by atoms with van der Waals surface area (Å²) in [5, 5.41) is 16.2. The van der Waals surface area contributed by atoms with Gasteiger partial charge in [-0.1, -0.05) is 12.1 Å². The molecule has 0 fully saturated rings. The number of H-pyrrole nitrogens is 1. The van der Waals surface area contributed by atoms with Gasteiger partial charge in [-0.05, 0) is 29.5 Å². The quantitative estimate of drug-likeness (QED) is 0.668. The average Bonchev–Trinajstić information content (AvgIpc) is 3.20. The average molecular weight is 393 g/mol. The van der Waals surface area contributed by atoms with Gasteiger partial charge in [-0.15, -0.1) is 23.4 Å². The van der Waals surface area contributed by atoms with E-state index < -0.39 is 12.1 Å². The van der Waals surface area contributed by atoms with E-state index in [4.69, 9.17) is 4.74 Å². The predicted molar refractivity (Wildman–Crippen MR) is 90.5 cm³/mol. The maximum Gasteiger partial charge on any atom is 0.573 e. The Labute approximate surface area is 156 Å². The van der Waals surface area contributed by atoms with Crippen molar-refractivity contribution in [2.24, 2.45) is 0 Å². The summed E-state index contributed by atoms with van der Waals surface area (Å²) >= 11 is 0. The summed E-state index contributed by atoms with van der Waals surface area (Å²) in [6.07, 6.45) is -4.80. The van der Waals surface area contributed by atoms with E-state index >= 15 is 0 Å². The van der Waals surface area contributed by atoms with E-state index in [9.17, 15) is 18.0 Å². The molecule has 3 aromatic rings. The molecule has 0 bridgehead atoms. The number of aromatic amines is 1. The summed E-state index contributed by atoms with van der Waals surface area (Å²) in [6, 6.07) is 10.2. The largest absolute Gasteiger partial charge is 0.573 e. The zero-order valence-corrected chi connectivity index (χ0v) is 14.4. The Morgan fingerprint density at radius 3 is 2.54 bits per heavy atom. The maximum absolute atomic E-state index is 12.3. The lowest BCUT2D eigenvalue weighted by molar-refractivity contribution is -0.274. The molecule has 2 aromatic carbocycles. The smallest absolute Gasteiger partial charge is 0.496 e. The van der Waals surface area contributed by atoms with Crippen molar-refractivity contribution in [1.82, 2.24) is 25.9 Å². The summed E-state index contributed by atoms with van der Waals surface area (Å²) < 4.78 is 45.8. The summed E-state index contributed by atoms with van der Waals surface area (Å²) in [5.41, 5.74) is 1.57. The fraction of sp³-hybridized carbons (Fsp3) is 0.176. The van der Waals surface area contributed by atoms with Gasteiger partial charge in [0, 0.05) is 29.3 Å². The monoisotopic (exact) mass is 393 g/mol. The molecule has 1 amide bonds. The number of amides is 1. The fourth-order valence-corrected chi connectivity index (χ4v) is 2.40. The number of benzene rings is 2. The van der Waals surface area contributed by atoms with Crippen LogP contribution < -0.4 is 14.8 Å². The summed E-state index contributed by atoms with van der Waals surface area (Å²) in [4.78, 5) is 12.3. The third kappa shape index (κ3) is 4.75. The van der Waals surface area contributed by atoms with Gasteiger partial charge in [0.15, 0.2) is 0 Å². The van der Waals surface area contributed by atoms with E-state index in [-0.39, 0.29) is 18.2 Å². The van der Waals surface area contributed by atoms with Gasteiger partial charge in [0.05, 0.1) is 7.11 Å². The number of hydrogen-bond acceptors (Lipinski definition) is 6. The van der Waals surface area contributed by atoms with Gasteiger partial charge in [0.1, 0.15) is 11.5 Å². The Kier molecular flexibility index (Phi) is 5.43. The van der Waals surface area contributed by atoms with Gasteiger partial charge in [-0.3, -0.25) is 4.79 Å². The van der Waals surface area contributed by atoms with Crippen molar-refractivity contribution >= 4 is 5.91 Å². The van der Waals surface area contributed by atoms with Crippen LogP contribution in [0, 0.1) is 0 Å². The molecule has 146 valence electrons. The molecule has 0 aliphatic rings. The highest BCUT2D eigenvalue weighted by Crippen LogP contribution is 2.29. The zero-order chi connectivity index (χ0) is 20.1. The molecule has 3 rings (SSSR count). The first kappa shape index (κ1) is 19.1. The van der Waals surface area contributed by atoms with Crippen molar-refractivity contribution in [1.29, 1.82) is 0 Å². The number of methoxy groups -OCH3 is 1. The Bertz CT molecular complexity index is 944. The number of halogens is 3. The van der Waals surface area contributed by atoms with Crippen molar-refractivity contribution in [2.75, 3.05) is 7.11 Å². The first-order chi connectivity index (χ1) is 13.4. The SMILES string of the molecule is COc1cc(OC(F)(F)F)ccc1CNC(=O)c1ccc(-c2nn[nH]n2)cc1. The summed E-state index contributed by atoms with van der Waals surface area (Å²) in [6.45, 7) is 0.0564. The third-order valence-electron chi connectivity index (χ3n) is 3.68. The number of tetrazole rings is 1. The lowest BCUT2D eigenvalue weighted by atomic mass is 10.1. The minimum atomic E-state index is -4.80. The Morgan fingerprint density at radius 2 is 1.93 bits per heavy atom. The van der Waals surface area contributed by atoms with Crippen LogP contribution in [0.4, 0.5) is 13.2 Å². The number of alkyl halides is 3. The lowest BCUT2D eigenvalue weighted by Crippen LogP contribution is -2.23. The van der Waals surface area contributed by atoms with Crippen LogP contribution in [-0.4, -0.2) is 40.0 Å². The fourth-order valence-electron chi connectivity index (χ4n) is 2.40. The summed E-state index contributed by atoms with van der Waals surface area (Å²) in [5.74, 6) is -0.207. The molecule has 11 heteroatoms. The number of hydrogen-bond donors (Lipinski definition) is 2. The van der Waals surface area contributed by atoms with E-state index in [1.165, 1.54) is 13.2 Å². The van der Waals surface area contributed by atoms with E-state index in [0.717, 1.165) is 12.1 Å². The van der Waals surface area contributed by atoms with E-state index in [1.807, 2.05) is 0 Å². The normalized spacial score (nSPS) is 11.1. The van der Waals surface area contributed by atoms with E-state index in [2.05, 4.69) is 30.7 Å². The first-order valence-corrected chi connectivity index (χ1v) is 7.90. The van der Waals surface area contributed by atoms with Gasteiger partial charge in [-0.25, -0.2) is 0 Å². The molecule has 1 heterocycles. The standard InChI is InChI=1S/C17H14F3N5O3/c1-27-14-8-13(28-17(18,19)20)7-6-12(14)9-21-16(26)11-4-2-10(3-5-11)15-22-24-25-23-15/h2-8H,9H2,1H3,(H,21,26)(H,22,23,24,25). The van der Waals surface area contributed by atoms with Gasteiger partial charge < -0.3 is 14.8 Å². The highest BCUT2D eigenvalue weighted by Gasteiger charge is 2.31. The molecule has 0 unspecified atom stereocenters. The molecule has 0 aliphatic carbocycles. The maximum atomic E-state index is 12.3. The Morgan fingerprint density at radius 1 is 1.18 bits per heavy atom. The van der Waals surface area contributed by atoms with Crippen LogP contribution >= 0.6 is 0 Å². The van der Waals surface area contributed by atoms with Crippen LogP contribution in [0.15, 0.2) is 42.5 Å². The second kappa shape index (κ2) is 7.94. The third-order valence-corrected chi connectivity index (χ3v) is 3.68. The van der Waals surface area contributed by atoms with Crippen molar-refractivity contribution < 1.29 is 27.4 Å². The van der Waals surface area contributed by atoms with Gasteiger partial charge in [-0.2, -0.15) is 5.21 Å². The summed E-state index contributed by atoms with van der Waals surface area (Å²) in [7, 11) is 1.31. The number of nitrogens with zero attached hydrogens (tertiary/aromatic N) is 3. The molecule has 0 aliphatic heterocycles. The Hall–Kier alpha value is -3.63. The molecule has 0 spiro atoms. The molecule has 8 nitrogen and oxygen atoms in total. The van der Waals surface area contributed by atoms with Crippen LogP contribution in [0.1, 0.15) is 15.9 Å². The zero-order valence-electron chi connectivity index (χ0n) is 14.4. The molecular formula is C17H14F3N5O3. The Balaban J connectivity index is 1.65. The molecule has 2 N–H and O–H groups in total. The number of carbonyl (C=O) groups is 1. The molecule has 0 saturated carbocycles. The molecule has 28 heavy (non-hydrogen) atoms. The molecule has 0 radical (unpaired) electrons. The molecule has 0 saturated heterocycles. The van der Waals surface area contributed by atoms with Crippen molar-refractivity contribution in [3.63, 3.8) is 0 Å². The first-order valence-electron chi connectivity index (χ1n) is 7.90. The van der Waals surface area contributed by atoms with Crippen molar-refractivity contribution in [3.05, 3.63) is 53.6 Å². The second-order valence-corrected chi connectivity index (χ2v) is 5.52. The highest BCUT2D eigenvalue weighted by molar-refractivity contribution is 5.94. The predicted octanol–water partition coefficient (Wildman–Crippen LogP) is 2.70.